The third-order valence-electron chi connectivity index (χ3n) is 3.84. The van der Waals surface area contributed by atoms with Gasteiger partial charge in [0.15, 0.2) is 0 Å². The van der Waals surface area contributed by atoms with Crippen LogP contribution in [0.5, 0.6) is 5.75 Å². The molecule has 2 nitrogen and oxygen atoms in total. The molecule has 0 aromatic heterocycles. The zero-order chi connectivity index (χ0) is 18.4. The summed E-state index contributed by atoms with van der Waals surface area (Å²) < 4.78 is 19.6. The van der Waals surface area contributed by atoms with Crippen LogP contribution in [0.2, 0.25) is 5.02 Å². The van der Waals surface area contributed by atoms with Gasteiger partial charge in [-0.3, -0.25) is 0 Å². The summed E-state index contributed by atoms with van der Waals surface area (Å²) in [6.45, 7) is 0.103. The summed E-state index contributed by atoms with van der Waals surface area (Å²) in [5, 5.41) is 10.0. The van der Waals surface area contributed by atoms with Crippen molar-refractivity contribution in [3.8, 4) is 11.8 Å². The highest BCUT2D eigenvalue weighted by atomic mass is 35.5. The molecule has 26 heavy (non-hydrogen) atoms. The lowest BCUT2D eigenvalue weighted by Gasteiger charge is -2.10. The fourth-order valence-corrected chi connectivity index (χ4v) is 2.75. The van der Waals surface area contributed by atoms with Gasteiger partial charge in [-0.05, 0) is 24.3 Å². The summed E-state index contributed by atoms with van der Waals surface area (Å²) in [7, 11) is 0. The minimum atomic E-state index is -0.311. The van der Waals surface area contributed by atoms with E-state index in [4.69, 9.17) is 16.3 Å². The predicted molar refractivity (Wildman–Crippen MR) is 102 cm³/mol. The molecule has 0 amide bonds. The van der Waals surface area contributed by atoms with Crippen LogP contribution in [0.25, 0.3) is 11.6 Å². The third-order valence-corrected chi connectivity index (χ3v) is 4.17. The molecule has 0 aliphatic rings. The molecule has 0 unspecified atom stereocenters. The number of nitrogens with zero attached hydrogens (tertiary/aromatic N) is 1. The van der Waals surface area contributed by atoms with Crippen molar-refractivity contribution in [2.24, 2.45) is 0 Å². The Morgan fingerprint density at radius 3 is 2.46 bits per heavy atom. The van der Waals surface area contributed by atoms with Crippen LogP contribution >= 0.6 is 11.6 Å². The molecule has 0 aliphatic carbocycles. The first-order valence-corrected chi connectivity index (χ1v) is 8.39. The lowest BCUT2D eigenvalue weighted by molar-refractivity contribution is 0.299. The Labute approximate surface area is 156 Å². The molecular weight excluding hydrogens is 349 g/mol. The molecule has 0 radical (unpaired) electrons. The van der Waals surface area contributed by atoms with Gasteiger partial charge in [0.25, 0.3) is 0 Å². The largest absolute Gasteiger partial charge is 0.488 e. The fraction of sp³-hybridized carbons (Fsp3) is 0.0455. The van der Waals surface area contributed by atoms with Crippen LogP contribution in [0.3, 0.4) is 0 Å². The van der Waals surface area contributed by atoms with Gasteiger partial charge in [-0.2, -0.15) is 5.26 Å². The molecule has 128 valence electrons. The van der Waals surface area contributed by atoms with Gasteiger partial charge in [0.1, 0.15) is 18.2 Å². The number of rotatable bonds is 5. The van der Waals surface area contributed by atoms with E-state index in [2.05, 4.69) is 6.07 Å². The molecule has 3 rings (SSSR count). The first-order chi connectivity index (χ1) is 12.7. The van der Waals surface area contributed by atoms with Crippen molar-refractivity contribution in [3.63, 3.8) is 0 Å². The second-order valence-corrected chi connectivity index (χ2v) is 5.97. The predicted octanol–water partition coefficient (Wildman–Crippen LogP) is 6.12. The first-order valence-electron chi connectivity index (χ1n) is 8.01. The van der Waals surface area contributed by atoms with Crippen LogP contribution in [-0.2, 0) is 6.61 Å². The number of benzene rings is 3. The van der Waals surface area contributed by atoms with E-state index < -0.39 is 0 Å². The fourth-order valence-electron chi connectivity index (χ4n) is 2.51. The van der Waals surface area contributed by atoms with E-state index in [9.17, 15) is 9.65 Å². The highest BCUT2D eigenvalue weighted by molar-refractivity contribution is 6.32. The molecule has 0 atom stereocenters. The Balaban J connectivity index is 1.90. The summed E-state index contributed by atoms with van der Waals surface area (Å²) in [6, 6.07) is 23.1. The molecule has 0 bridgehead atoms. The summed E-state index contributed by atoms with van der Waals surface area (Å²) in [6.07, 6.45) is 1.72. The maximum Gasteiger partial charge on any atom is 0.129 e. The second kappa shape index (κ2) is 8.33. The minimum Gasteiger partial charge on any atom is -0.488 e. The summed E-state index contributed by atoms with van der Waals surface area (Å²) in [4.78, 5) is 0. The van der Waals surface area contributed by atoms with Gasteiger partial charge in [0.05, 0.1) is 11.6 Å². The molecule has 4 heteroatoms. The van der Waals surface area contributed by atoms with E-state index in [1.54, 1.807) is 42.5 Å². The number of nitriles is 1. The lowest BCUT2D eigenvalue weighted by Crippen LogP contribution is -1.99. The number of para-hydroxylation sites is 1. The molecule has 3 aromatic rings. The summed E-state index contributed by atoms with van der Waals surface area (Å²) in [5.74, 6) is 0.255. The maximum atomic E-state index is 13.8. The average Bonchev–Trinajstić information content (AvgIpc) is 2.67. The van der Waals surface area contributed by atoms with Gasteiger partial charge in [-0.1, -0.05) is 66.2 Å². The van der Waals surface area contributed by atoms with Crippen molar-refractivity contribution in [2.45, 2.75) is 6.61 Å². The first kappa shape index (κ1) is 17.7. The van der Waals surface area contributed by atoms with Gasteiger partial charge >= 0.3 is 0 Å². The standard InChI is InChI=1S/C22H15ClFNO/c23-20-10-4-3-9-19(20)18(14-25)13-16-7-2-6-12-22(16)26-15-17-8-1-5-11-21(17)24/h1-13H,15H2. The molecule has 0 fully saturated rings. The molecule has 0 N–H and O–H groups in total. The maximum absolute atomic E-state index is 13.8. The van der Waals surface area contributed by atoms with Crippen LogP contribution in [0.1, 0.15) is 16.7 Å². The van der Waals surface area contributed by atoms with Gasteiger partial charge in [0, 0.05) is 21.7 Å². The Morgan fingerprint density at radius 2 is 1.69 bits per heavy atom. The summed E-state index contributed by atoms with van der Waals surface area (Å²) >= 11 is 6.20. The van der Waals surface area contributed by atoms with E-state index >= 15 is 0 Å². The molecule has 3 aromatic carbocycles. The number of halogens is 2. The van der Waals surface area contributed by atoms with Crippen LogP contribution in [0, 0.1) is 17.1 Å². The molecule has 0 saturated carbocycles. The smallest absolute Gasteiger partial charge is 0.129 e. The lowest BCUT2D eigenvalue weighted by atomic mass is 10.0. The minimum absolute atomic E-state index is 0.103. The summed E-state index contributed by atoms with van der Waals surface area (Å²) in [5.41, 5.74) is 2.27. The van der Waals surface area contributed by atoms with E-state index in [0.29, 0.717) is 27.5 Å². The Bertz CT molecular complexity index is 991. The average molecular weight is 364 g/mol. The zero-order valence-electron chi connectivity index (χ0n) is 13.8. The number of ether oxygens (including phenoxy) is 1. The Kier molecular flexibility index (Phi) is 5.68. The van der Waals surface area contributed by atoms with Gasteiger partial charge in [0.2, 0.25) is 0 Å². The molecule has 0 aliphatic heterocycles. The number of allylic oxidation sites excluding steroid dienone is 1. The van der Waals surface area contributed by atoms with Crippen molar-refractivity contribution in [1.82, 2.24) is 0 Å². The number of hydrogen-bond acceptors (Lipinski definition) is 2. The Morgan fingerprint density at radius 1 is 1.00 bits per heavy atom. The van der Waals surface area contributed by atoms with E-state index in [0.717, 1.165) is 5.56 Å². The monoisotopic (exact) mass is 363 g/mol. The molecule has 0 heterocycles. The van der Waals surface area contributed by atoms with Crippen molar-refractivity contribution < 1.29 is 9.13 Å². The molecule has 0 spiro atoms. The van der Waals surface area contributed by atoms with Gasteiger partial charge in [-0.25, -0.2) is 4.39 Å². The van der Waals surface area contributed by atoms with Crippen molar-refractivity contribution >= 4 is 23.3 Å². The van der Waals surface area contributed by atoms with Crippen molar-refractivity contribution in [2.75, 3.05) is 0 Å². The number of hydrogen-bond donors (Lipinski definition) is 0. The zero-order valence-corrected chi connectivity index (χ0v) is 14.6. The van der Waals surface area contributed by atoms with Crippen LogP contribution < -0.4 is 4.74 Å². The SMILES string of the molecule is N#CC(=Cc1ccccc1OCc1ccccc1F)c1ccccc1Cl. The van der Waals surface area contributed by atoms with Crippen LogP contribution in [0.4, 0.5) is 4.39 Å². The van der Waals surface area contributed by atoms with Gasteiger partial charge in [-0.15, -0.1) is 0 Å². The molecule has 0 saturated heterocycles. The third kappa shape index (κ3) is 4.11. The van der Waals surface area contributed by atoms with E-state index in [1.807, 2.05) is 30.3 Å². The quantitative estimate of drug-likeness (QED) is 0.404. The van der Waals surface area contributed by atoms with Crippen molar-refractivity contribution in [1.29, 1.82) is 5.26 Å². The van der Waals surface area contributed by atoms with Crippen molar-refractivity contribution in [3.05, 3.63) is 100 Å². The highest BCUT2D eigenvalue weighted by Gasteiger charge is 2.09. The Hall–Kier alpha value is -3.09. The normalized spacial score (nSPS) is 11.0. The molecular formula is C22H15ClFNO. The van der Waals surface area contributed by atoms with E-state index in [-0.39, 0.29) is 12.4 Å². The highest BCUT2D eigenvalue weighted by Crippen LogP contribution is 2.28. The topological polar surface area (TPSA) is 33.0 Å². The van der Waals surface area contributed by atoms with Crippen LogP contribution in [0.15, 0.2) is 72.8 Å². The van der Waals surface area contributed by atoms with Crippen LogP contribution in [-0.4, -0.2) is 0 Å². The van der Waals surface area contributed by atoms with Gasteiger partial charge < -0.3 is 4.74 Å². The van der Waals surface area contributed by atoms with E-state index in [1.165, 1.54) is 6.07 Å². The second-order valence-electron chi connectivity index (χ2n) is 5.57.